The predicted octanol–water partition coefficient (Wildman–Crippen LogP) is 1.20. The Labute approximate surface area is 128 Å². The minimum absolute atomic E-state index is 0.268. The largest absolute Gasteiger partial charge is 0.383 e. The van der Waals surface area contributed by atoms with E-state index in [-0.39, 0.29) is 12.5 Å². The van der Waals surface area contributed by atoms with Crippen molar-refractivity contribution in [3.8, 4) is 0 Å². The number of hydrogen-bond donors (Lipinski definition) is 1. The molecule has 0 spiro atoms. The first kappa shape index (κ1) is 15.9. The molecule has 0 bridgehead atoms. The summed E-state index contributed by atoms with van der Waals surface area (Å²) < 4.78 is 5.01. The van der Waals surface area contributed by atoms with Crippen molar-refractivity contribution in [1.82, 2.24) is 9.88 Å². The van der Waals surface area contributed by atoms with Gasteiger partial charge >= 0.3 is 0 Å². The van der Waals surface area contributed by atoms with E-state index in [1.807, 2.05) is 30.3 Å². The summed E-state index contributed by atoms with van der Waals surface area (Å²) in [4.78, 5) is 29.9. The number of carbonyl (C=O) groups is 2. The molecule has 1 atom stereocenters. The number of nitrogens with zero attached hydrogens (tertiary/aromatic N) is 2. The standard InChI is InChI=1S/C16H19N3O3/c1-11(15(17)20)19(9-10-22-2)16(21)14-13-6-4-3-5-12(13)7-8-18-14/h3-8,11H,9-10H2,1-2H3,(H2,17,20). The minimum Gasteiger partial charge on any atom is -0.383 e. The number of amides is 2. The van der Waals surface area contributed by atoms with Gasteiger partial charge in [-0.3, -0.25) is 14.6 Å². The van der Waals surface area contributed by atoms with Gasteiger partial charge in [0.1, 0.15) is 11.7 Å². The summed E-state index contributed by atoms with van der Waals surface area (Å²) in [5.41, 5.74) is 5.65. The van der Waals surface area contributed by atoms with E-state index in [1.165, 1.54) is 12.0 Å². The molecule has 0 saturated carbocycles. The molecular formula is C16H19N3O3. The van der Waals surface area contributed by atoms with Crippen LogP contribution in [-0.4, -0.2) is 48.0 Å². The number of rotatable bonds is 6. The van der Waals surface area contributed by atoms with Crippen LogP contribution in [0.3, 0.4) is 0 Å². The average Bonchev–Trinajstić information content (AvgIpc) is 2.54. The van der Waals surface area contributed by atoms with Crippen molar-refractivity contribution in [2.75, 3.05) is 20.3 Å². The molecule has 0 aliphatic rings. The van der Waals surface area contributed by atoms with Crippen LogP contribution in [0.15, 0.2) is 36.5 Å². The van der Waals surface area contributed by atoms with Crippen LogP contribution < -0.4 is 5.73 Å². The van der Waals surface area contributed by atoms with Gasteiger partial charge in [0.05, 0.1) is 6.61 Å². The summed E-state index contributed by atoms with van der Waals surface area (Å²) in [6.45, 7) is 2.18. The highest BCUT2D eigenvalue weighted by molar-refractivity contribution is 6.06. The lowest BCUT2D eigenvalue weighted by atomic mass is 10.1. The van der Waals surface area contributed by atoms with Gasteiger partial charge in [-0.2, -0.15) is 0 Å². The van der Waals surface area contributed by atoms with E-state index >= 15 is 0 Å². The van der Waals surface area contributed by atoms with Crippen LogP contribution in [0.4, 0.5) is 0 Å². The van der Waals surface area contributed by atoms with E-state index < -0.39 is 11.9 Å². The van der Waals surface area contributed by atoms with Crippen molar-refractivity contribution in [2.24, 2.45) is 5.73 Å². The molecule has 0 saturated heterocycles. The molecule has 0 fully saturated rings. The Morgan fingerprint density at radius 2 is 2.05 bits per heavy atom. The van der Waals surface area contributed by atoms with Crippen molar-refractivity contribution in [2.45, 2.75) is 13.0 Å². The van der Waals surface area contributed by atoms with Crippen LogP contribution in [-0.2, 0) is 9.53 Å². The zero-order valence-corrected chi connectivity index (χ0v) is 12.7. The Kier molecular flexibility index (Phi) is 5.06. The summed E-state index contributed by atoms with van der Waals surface area (Å²) in [7, 11) is 1.54. The van der Waals surface area contributed by atoms with Crippen molar-refractivity contribution in [3.63, 3.8) is 0 Å². The quantitative estimate of drug-likeness (QED) is 0.868. The van der Waals surface area contributed by atoms with Gasteiger partial charge in [0.2, 0.25) is 5.91 Å². The molecule has 6 heteroatoms. The van der Waals surface area contributed by atoms with E-state index in [2.05, 4.69) is 4.98 Å². The number of hydrogen-bond acceptors (Lipinski definition) is 4. The highest BCUT2D eigenvalue weighted by Gasteiger charge is 2.26. The van der Waals surface area contributed by atoms with Crippen LogP contribution in [0, 0.1) is 0 Å². The first-order valence-electron chi connectivity index (χ1n) is 6.99. The van der Waals surface area contributed by atoms with E-state index in [0.29, 0.717) is 12.3 Å². The van der Waals surface area contributed by atoms with Gasteiger partial charge in [-0.15, -0.1) is 0 Å². The second-order valence-corrected chi connectivity index (χ2v) is 4.95. The van der Waals surface area contributed by atoms with Gasteiger partial charge in [-0.05, 0) is 18.4 Å². The molecule has 116 valence electrons. The Balaban J connectivity index is 2.42. The first-order valence-corrected chi connectivity index (χ1v) is 6.99. The number of primary amides is 1. The van der Waals surface area contributed by atoms with Gasteiger partial charge in [-0.25, -0.2) is 0 Å². The number of benzene rings is 1. The van der Waals surface area contributed by atoms with E-state index in [9.17, 15) is 9.59 Å². The molecule has 2 N–H and O–H groups in total. The van der Waals surface area contributed by atoms with E-state index in [1.54, 1.807) is 13.1 Å². The van der Waals surface area contributed by atoms with Crippen molar-refractivity contribution in [1.29, 1.82) is 0 Å². The molecule has 1 heterocycles. The summed E-state index contributed by atoms with van der Waals surface area (Å²) in [6, 6.07) is 8.58. The molecule has 1 aromatic heterocycles. The van der Waals surface area contributed by atoms with Crippen molar-refractivity contribution >= 4 is 22.6 Å². The maximum absolute atomic E-state index is 12.8. The third kappa shape index (κ3) is 3.23. The lowest BCUT2D eigenvalue weighted by Gasteiger charge is -2.27. The lowest BCUT2D eigenvalue weighted by Crippen LogP contribution is -2.47. The number of pyridine rings is 1. The van der Waals surface area contributed by atoms with E-state index in [4.69, 9.17) is 10.5 Å². The molecule has 0 aliphatic carbocycles. The van der Waals surface area contributed by atoms with Gasteiger partial charge in [0.15, 0.2) is 0 Å². The summed E-state index contributed by atoms with van der Waals surface area (Å²) in [5, 5.41) is 1.66. The molecule has 2 amide bonds. The molecule has 0 radical (unpaired) electrons. The average molecular weight is 301 g/mol. The maximum Gasteiger partial charge on any atom is 0.273 e. The highest BCUT2D eigenvalue weighted by Crippen LogP contribution is 2.18. The number of carbonyl (C=O) groups excluding carboxylic acids is 2. The Morgan fingerprint density at radius 1 is 1.32 bits per heavy atom. The van der Waals surface area contributed by atoms with Gasteiger partial charge in [0, 0.05) is 25.2 Å². The number of ether oxygens (including phenoxy) is 1. The number of aromatic nitrogens is 1. The molecule has 1 aromatic carbocycles. The normalized spacial score (nSPS) is 12.1. The van der Waals surface area contributed by atoms with E-state index in [0.717, 1.165) is 10.8 Å². The predicted molar refractivity (Wildman–Crippen MR) is 83.3 cm³/mol. The fourth-order valence-corrected chi connectivity index (χ4v) is 2.24. The topological polar surface area (TPSA) is 85.5 Å². The molecule has 2 aromatic rings. The smallest absolute Gasteiger partial charge is 0.273 e. The fraction of sp³-hybridized carbons (Fsp3) is 0.312. The Morgan fingerprint density at radius 3 is 2.73 bits per heavy atom. The summed E-state index contributed by atoms with van der Waals surface area (Å²) in [6.07, 6.45) is 1.58. The van der Waals surface area contributed by atoms with Crippen LogP contribution in [0.5, 0.6) is 0 Å². The first-order chi connectivity index (χ1) is 10.6. The number of methoxy groups -OCH3 is 1. The van der Waals surface area contributed by atoms with Crippen LogP contribution >= 0.6 is 0 Å². The minimum atomic E-state index is -0.733. The SMILES string of the molecule is COCCN(C(=O)c1nccc2ccccc12)C(C)C(N)=O. The second kappa shape index (κ2) is 7.00. The summed E-state index contributed by atoms with van der Waals surface area (Å²) in [5.74, 6) is -0.898. The van der Waals surface area contributed by atoms with Crippen molar-refractivity contribution < 1.29 is 14.3 Å². The van der Waals surface area contributed by atoms with Crippen LogP contribution in [0.25, 0.3) is 10.8 Å². The third-order valence-corrected chi connectivity index (χ3v) is 3.55. The zero-order valence-electron chi connectivity index (χ0n) is 12.7. The number of fused-ring (bicyclic) bond motifs is 1. The van der Waals surface area contributed by atoms with Crippen molar-refractivity contribution in [3.05, 3.63) is 42.2 Å². The molecule has 22 heavy (non-hydrogen) atoms. The van der Waals surface area contributed by atoms with Crippen LogP contribution in [0.2, 0.25) is 0 Å². The Hall–Kier alpha value is -2.47. The monoisotopic (exact) mass is 301 g/mol. The molecule has 2 rings (SSSR count). The molecule has 1 unspecified atom stereocenters. The molecule has 0 aliphatic heterocycles. The van der Waals surface area contributed by atoms with Crippen LogP contribution in [0.1, 0.15) is 17.4 Å². The van der Waals surface area contributed by atoms with Gasteiger partial charge in [-0.1, -0.05) is 24.3 Å². The summed E-state index contributed by atoms with van der Waals surface area (Å²) >= 11 is 0. The second-order valence-electron chi connectivity index (χ2n) is 4.95. The molecular weight excluding hydrogens is 282 g/mol. The van der Waals surface area contributed by atoms with Gasteiger partial charge in [0.25, 0.3) is 5.91 Å². The number of nitrogens with two attached hydrogens (primary N) is 1. The third-order valence-electron chi connectivity index (χ3n) is 3.55. The maximum atomic E-state index is 12.8. The Bertz CT molecular complexity index is 682. The highest BCUT2D eigenvalue weighted by atomic mass is 16.5. The lowest BCUT2D eigenvalue weighted by molar-refractivity contribution is -0.122. The molecule has 6 nitrogen and oxygen atoms in total. The zero-order chi connectivity index (χ0) is 16.1. The fourth-order valence-electron chi connectivity index (χ4n) is 2.24. The van der Waals surface area contributed by atoms with Gasteiger partial charge < -0.3 is 15.4 Å².